The Morgan fingerprint density at radius 2 is 2.02 bits per heavy atom. The first-order valence-electron chi connectivity index (χ1n) is 18.7. The predicted octanol–water partition coefficient (Wildman–Crippen LogP) is 6.29. The normalized spacial score (nSPS) is 26.7. The SMILES string of the molecule is CC(C)N1CC[C@@H]1/C=C/C(=O)N1CCN(c2nc(OCC34CCCN3C[C@H](F)C4)nc3c(F)c(-c4cccc(Cl)c4C4CC4)ncc23)C[C@@H]1CC#N. The van der Waals surface area contributed by atoms with E-state index in [1.807, 2.05) is 23.1 Å². The fraction of sp³-hybridized carbons (Fsp3) is 0.564. The lowest BCUT2D eigenvalue weighted by Gasteiger charge is -2.43. The summed E-state index contributed by atoms with van der Waals surface area (Å²) in [7, 11) is 0. The number of fused-ring (bicyclic) bond motifs is 2. The predicted molar refractivity (Wildman–Crippen MR) is 196 cm³/mol. The highest BCUT2D eigenvalue weighted by Gasteiger charge is 2.49. The molecule has 3 aromatic rings. The van der Waals surface area contributed by atoms with Gasteiger partial charge in [-0.2, -0.15) is 15.2 Å². The van der Waals surface area contributed by atoms with Gasteiger partial charge < -0.3 is 14.5 Å². The molecule has 8 rings (SSSR count). The quantitative estimate of drug-likeness (QED) is 0.223. The van der Waals surface area contributed by atoms with E-state index < -0.39 is 23.6 Å². The number of rotatable bonds is 10. The third-order valence-electron chi connectivity index (χ3n) is 11.8. The molecule has 2 aromatic heterocycles. The molecule has 6 heterocycles. The number of carbonyl (C=O) groups excluding carboxylic acids is 1. The second kappa shape index (κ2) is 14.1. The summed E-state index contributed by atoms with van der Waals surface area (Å²) in [5, 5.41) is 10.8. The van der Waals surface area contributed by atoms with Gasteiger partial charge in [0.1, 0.15) is 29.8 Å². The molecule has 0 bridgehead atoms. The second-order valence-electron chi connectivity index (χ2n) is 15.4. The van der Waals surface area contributed by atoms with Gasteiger partial charge in [-0.15, -0.1) is 0 Å². The lowest BCUT2D eigenvalue weighted by molar-refractivity contribution is -0.128. The summed E-state index contributed by atoms with van der Waals surface area (Å²) in [6.45, 7) is 7.78. The van der Waals surface area contributed by atoms with Gasteiger partial charge in [0.15, 0.2) is 5.82 Å². The molecule has 1 aromatic carbocycles. The molecule has 4 atom stereocenters. The second-order valence-corrected chi connectivity index (χ2v) is 15.8. The van der Waals surface area contributed by atoms with Gasteiger partial charge in [0.2, 0.25) is 5.91 Å². The van der Waals surface area contributed by atoms with Crippen molar-refractivity contribution in [2.45, 2.75) is 94.5 Å². The molecule has 52 heavy (non-hydrogen) atoms. The van der Waals surface area contributed by atoms with E-state index in [-0.39, 0.29) is 48.1 Å². The molecule has 274 valence electrons. The average Bonchev–Trinajstić information content (AvgIpc) is 3.79. The Bertz CT molecular complexity index is 1930. The van der Waals surface area contributed by atoms with E-state index in [9.17, 15) is 14.4 Å². The molecule has 1 unspecified atom stereocenters. The molecule has 1 saturated carbocycles. The van der Waals surface area contributed by atoms with Crippen molar-refractivity contribution >= 4 is 34.2 Å². The van der Waals surface area contributed by atoms with Crippen molar-refractivity contribution in [1.82, 2.24) is 29.7 Å². The molecule has 0 radical (unpaired) electrons. The lowest BCUT2D eigenvalue weighted by Crippen LogP contribution is -2.55. The van der Waals surface area contributed by atoms with E-state index in [1.54, 1.807) is 23.2 Å². The summed E-state index contributed by atoms with van der Waals surface area (Å²) < 4.78 is 37.8. The third-order valence-corrected chi connectivity index (χ3v) is 12.1. The topological polar surface area (TPSA) is 102 Å². The van der Waals surface area contributed by atoms with Gasteiger partial charge in [0, 0.05) is 74.1 Å². The molecule has 10 nitrogen and oxygen atoms in total. The molecule has 0 N–H and O–H groups in total. The van der Waals surface area contributed by atoms with Crippen LogP contribution in [0.1, 0.15) is 70.3 Å². The molecule has 4 aliphatic heterocycles. The van der Waals surface area contributed by atoms with Crippen LogP contribution < -0.4 is 9.64 Å². The number of alkyl halides is 1. The van der Waals surface area contributed by atoms with Crippen LogP contribution in [0.15, 0.2) is 36.5 Å². The molecule has 5 aliphatic rings. The molecule has 0 spiro atoms. The van der Waals surface area contributed by atoms with E-state index in [2.05, 4.69) is 39.7 Å². The van der Waals surface area contributed by atoms with Gasteiger partial charge in [-0.25, -0.2) is 8.78 Å². The maximum Gasteiger partial charge on any atom is 0.319 e. The maximum atomic E-state index is 16.9. The number of nitriles is 1. The zero-order chi connectivity index (χ0) is 36.1. The Morgan fingerprint density at radius 1 is 1.17 bits per heavy atom. The Hall–Kier alpha value is -3.92. The monoisotopic (exact) mass is 730 g/mol. The third kappa shape index (κ3) is 6.49. The van der Waals surface area contributed by atoms with Crippen LogP contribution in [0.5, 0.6) is 6.01 Å². The number of benzene rings is 1. The zero-order valence-electron chi connectivity index (χ0n) is 29.8. The number of pyridine rings is 1. The molecular formula is C39H45ClF2N8O2. The first kappa shape index (κ1) is 35.1. The van der Waals surface area contributed by atoms with Crippen LogP contribution in [0.2, 0.25) is 5.02 Å². The summed E-state index contributed by atoms with van der Waals surface area (Å²) >= 11 is 6.64. The van der Waals surface area contributed by atoms with Crippen molar-refractivity contribution in [1.29, 1.82) is 5.26 Å². The first-order valence-corrected chi connectivity index (χ1v) is 19.1. The molecule has 5 fully saturated rings. The van der Waals surface area contributed by atoms with Crippen LogP contribution in [0.25, 0.3) is 22.2 Å². The summed E-state index contributed by atoms with van der Waals surface area (Å²) in [4.78, 5) is 35.9. The Kier molecular flexibility index (Phi) is 9.55. The minimum atomic E-state index is -0.921. The van der Waals surface area contributed by atoms with Crippen molar-refractivity contribution < 1.29 is 18.3 Å². The van der Waals surface area contributed by atoms with Gasteiger partial charge in [-0.1, -0.05) is 29.8 Å². The van der Waals surface area contributed by atoms with Crippen LogP contribution in [0, 0.1) is 17.1 Å². The van der Waals surface area contributed by atoms with Crippen molar-refractivity contribution in [3.8, 4) is 23.3 Å². The summed E-state index contributed by atoms with van der Waals surface area (Å²) in [5.41, 5.74) is 1.33. The fourth-order valence-corrected chi connectivity index (χ4v) is 9.20. The van der Waals surface area contributed by atoms with Gasteiger partial charge in [0.25, 0.3) is 0 Å². The summed E-state index contributed by atoms with van der Waals surface area (Å²) in [5.74, 6) is -0.0387. The van der Waals surface area contributed by atoms with E-state index >= 15 is 4.39 Å². The number of likely N-dealkylation sites (tertiary alicyclic amines) is 1. The van der Waals surface area contributed by atoms with Crippen LogP contribution in [0.3, 0.4) is 0 Å². The van der Waals surface area contributed by atoms with E-state index in [0.29, 0.717) is 60.4 Å². The Morgan fingerprint density at radius 3 is 2.77 bits per heavy atom. The highest BCUT2D eigenvalue weighted by atomic mass is 35.5. The highest BCUT2D eigenvalue weighted by Crippen LogP contribution is 2.48. The van der Waals surface area contributed by atoms with Gasteiger partial charge >= 0.3 is 6.01 Å². The summed E-state index contributed by atoms with van der Waals surface area (Å²) in [6.07, 6.45) is 9.57. The number of ether oxygens (including phenoxy) is 1. The van der Waals surface area contributed by atoms with E-state index in [0.717, 1.165) is 50.8 Å². The molecular weight excluding hydrogens is 686 g/mol. The lowest BCUT2D eigenvalue weighted by atomic mass is 9.95. The molecule has 1 aliphatic carbocycles. The van der Waals surface area contributed by atoms with Crippen LogP contribution >= 0.6 is 11.6 Å². The van der Waals surface area contributed by atoms with Crippen LogP contribution in [-0.4, -0.2) is 111 Å². The number of piperazine rings is 1. The smallest absolute Gasteiger partial charge is 0.319 e. The molecule has 13 heteroatoms. The van der Waals surface area contributed by atoms with Crippen molar-refractivity contribution in [3.63, 3.8) is 0 Å². The van der Waals surface area contributed by atoms with Gasteiger partial charge in [0.05, 0.1) is 29.5 Å². The van der Waals surface area contributed by atoms with Crippen molar-refractivity contribution in [3.05, 3.63) is 53.0 Å². The average molecular weight is 731 g/mol. The number of nitrogens with zero attached hydrogens (tertiary/aromatic N) is 8. The summed E-state index contributed by atoms with van der Waals surface area (Å²) in [6, 6.07) is 7.97. The van der Waals surface area contributed by atoms with E-state index in [1.165, 1.54) is 0 Å². The number of halogens is 3. The maximum absolute atomic E-state index is 16.9. The fourth-order valence-electron chi connectivity index (χ4n) is 8.88. The largest absolute Gasteiger partial charge is 0.461 e. The first-order chi connectivity index (χ1) is 25.2. The number of hydrogen-bond donors (Lipinski definition) is 0. The minimum Gasteiger partial charge on any atom is -0.461 e. The number of carbonyl (C=O) groups is 1. The zero-order valence-corrected chi connectivity index (χ0v) is 30.5. The van der Waals surface area contributed by atoms with E-state index in [4.69, 9.17) is 21.3 Å². The number of hydrogen-bond acceptors (Lipinski definition) is 9. The van der Waals surface area contributed by atoms with Crippen molar-refractivity contribution in [2.75, 3.05) is 50.8 Å². The number of anilines is 1. The standard InChI is InChI=1S/C39H45ClF2N8O2/c1-24(2)49-16-12-27(49)9-10-32(51)50-18-17-47(22-28(50)11-14-43)37-30-20-44-35(29-5-3-6-31(40)33(29)25-7-8-25)34(42)36(30)45-38(46-37)52-23-39-13-4-15-48(39)21-26(41)19-39/h3,5-6,9-10,20,24-28H,4,7-8,11-13,15-19,21-23H2,1-2H3/b10-9+/t26-,27+,28+,39?/m1/s1. The van der Waals surface area contributed by atoms with Crippen molar-refractivity contribution in [2.24, 2.45) is 0 Å². The Labute approximate surface area is 308 Å². The van der Waals surface area contributed by atoms with Crippen LogP contribution in [-0.2, 0) is 4.79 Å². The number of amides is 1. The Balaban J connectivity index is 1.13. The van der Waals surface area contributed by atoms with Gasteiger partial charge in [-0.05, 0) is 70.0 Å². The molecule has 4 saturated heterocycles. The number of aromatic nitrogens is 3. The van der Waals surface area contributed by atoms with Crippen LogP contribution in [0.4, 0.5) is 14.6 Å². The molecule has 1 amide bonds. The highest BCUT2D eigenvalue weighted by molar-refractivity contribution is 6.32. The van der Waals surface area contributed by atoms with Gasteiger partial charge in [-0.3, -0.25) is 19.6 Å². The minimum absolute atomic E-state index is 0.00377.